The molecule has 2 aromatic carbocycles. The van der Waals surface area contributed by atoms with Crippen molar-refractivity contribution in [3.05, 3.63) is 64.3 Å². The van der Waals surface area contributed by atoms with E-state index in [0.29, 0.717) is 16.6 Å². The summed E-state index contributed by atoms with van der Waals surface area (Å²) in [6, 6.07) is 13.5. The molecule has 96 valence electrons. The van der Waals surface area contributed by atoms with E-state index in [-0.39, 0.29) is 0 Å². The highest BCUT2D eigenvalue weighted by Crippen LogP contribution is 2.27. The van der Waals surface area contributed by atoms with Gasteiger partial charge in [0.15, 0.2) is 0 Å². The second-order valence-corrected chi connectivity index (χ2v) is 5.28. The van der Waals surface area contributed by atoms with Gasteiger partial charge in [0.2, 0.25) is 0 Å². The normalized spacial score (nSPS) is 11.1. The van der Waals surface area contributed by atoms with Crippen molar-refractivity contribution in [1.29, 1.82) is 0 Å². The number of hydrogen-bond donors (Lipinski definition) is 1. The van der Waals surface area contributed by atoms with Gasteiger partial charge in [0.1, 0.15) is 0 Å². The van der Waals surface area contributed by atoms with Crippen molar-refractivity contribution in [3.8, 4) is 0 Å². The molecule has 19 heavy (non-hydrogen) atoms. The van der Waals surface area contributed by atoms with Gasteiger partial charge < -0.3 is 10.3 Å². The summed E-state index contributed by atoms with van der Waals surface area (Å²) in [4.78, 5) is 0. The van der Waals surface area contributed by atoms with Crippen LogP contribution < -0.4 is 5.73 Å². The van der Waals surface area contributed by atoms with Crippen LogP contribution in [0.4, 0.5) is 5.69 Å². The maximum Gasteiger partial charge on any atom is 0.0505 e. The van der Waals surface area contributed by atoms with E-state index >= 15 is 0 Å². The van der Waals surface area contributed by atoms with Gasteiger partial charge in [0, 0.05) is 38.4 Å². The van der Waals surface area contributed by atoms with Crippen LogP contribution in [0.15, 0.2) is 48.7 Å². The molecular formula is C15H12Cl2N2. The Balaban J connectivity index is 2.06. The summed E-state index contributed by atoms with van der Waals surface area (Å²) in [5, 5.41) is 2.48. The molecule has 0 unspecified atom stereocenters. The minimum absolute atomic E-state index is 0.645. The number of benzene rings is 2. The molecule has 2 nitrogen and oxygen atoms in total. The van der Waals surface area contributed by atoms with Crippen LogP contribution in [0.25, 0.3) is 10.9 Å². The summed E-state index contributed by atoms with van der Waals surface area (Å²) >= 11 is 12.4. The van der Waals surface area contributed by atoms with E-state index in [4.69, 9.17) is 28.9 Å². The zero-order chi connectivity index (χ0) is 13.4. The van der Waals surface area contributed by atoms with Crippen molar-refractivity contribution < 1.29 is 0 Å². The number of nitrogens with two attached hydrogens (primary N) is 1. The molecular weight excluding hydrogens is 279 g/mol. The van der Waals surface area contributed by atoms with E-state index in [1.54, 1.807) is 0 Å². The average Bonchev–Trinajstić information content (AvgIpc) is 2.76. The number of halogens is 2. The number of anilines is 1. The number of hydrogen-bond acceptors (Lipinski definition) is 1. The van der Waals surface area contributed by atoms with E-state index in [9.17, 15) is 0 Å². The fourth-order valence-corrected chi connectivity index (χ4v) is 2.73. The Hall–Kier alpha value is -1.64. The quantitative estimate of drug-likeness (QED) is 0.688. The number of nitrogen functional groups attached to an aromatic ring is 1. The van der Waals surface area contributed by atoms with Gasteiger partial charge in [-0.05, 0) is 36.4 Å². The molecule has 3 rings (SSSR count). The summed E-state index contributed by atoms with van der Waals surface area (Å²) in [6.07, 6.45) is 2.02. The maximum atomic E-state index is 6.21. The van der Waals surface area contributed by atoms with E-state index in [2.05, 4.69) is 4.57 Å². The highest BCUT2D eigenvalue weighted by atomic mass is 35.5. The lowest BCUT2D eigenvalue weighted by atomic mass is 10.2. The molecule has 0 aliphatic carbocycles. The van der Waals surface area contributed by atoms with E-state index in [1.807, 2.05) is 48.7 Å². The summed E-state index contributed by atoms with van der Waals surface area (Å²) < 4.78 is 2.11. The monoisotopic (exact) mass is 290 g/mol. The Morgan fingerprint density at radius 2 is 1.74 bits per heavy atom. The van der Waals surface area contributed by atoms with Gasteiger partial charge in [-0.15, -0.1) is 0 Å². The topological polar surface area (TPSA) is 30.9 Å². The van der Waals surface area contributed by atoms with Crippen molar-refractivity contribution in [1.82, 2.24) is 4.57 Å². The molecule has 0 aliphatic heterocycles. The summed E-state index contributed by atoms with van der Waals surface area (Å²) in [5.41, 5.74) is 8.59. The minimum atomic E-state index is 0.645. The van der Waals surface area contributed by atoms with Crippen LogP contribution >= 0.6 is 23.2 Å². The van der Waals surface area contributed by atoms with Gasteiger partial charge in [-0.2, -0.15) is 0 Å². The van der Waals surface area contributed by atoms with Crippen molar-refractivity contribution in [3.63, 3.8) is 0 Å². The molecule has 2 N–H and O–H groups in total. The molecule has 0 atom stereocenters. The van der Waals surface area contributed by atoms with Crippen LogP contribution in [-0.4, -0.2) is 4.57 Å². The third-order valence-corrected chi connectivity index (χ3v) is 3.89. The number of rotatable bonds is 2. The first-order valence-electron chi connectivity index (χ1n) is 5.92. The van der Waals surface area contributed by atoms with Crippen LogP contribution in [0, 0.1) is 0 Å². The van der Waals surface area contributed by atoms with Gasteiger partial charge in [-0.25, -0.2) is 0 Å². The van der Waals surface area contributed by atoms with Crippen LogP contribution in [0.1, 0.15) is 5.56 Å². The van der Waals surface area contributed by atoms with Gasteiger partial charge in [0.05, 0.1) is 6.54 Å². The SMILES string of the molecule is Nc1ccc2c(ccn2Cc2c(Cl)cccc2Cl)c1. The Morgan fingerprint density at radius 3 is 2.47 bits per heavy atom. The molecule has 0 amide bonds. The molecule has 0 spiro atoms. The lowest BCUT2D eigenvalue weighted by Crippen LogP contribution is -1.99. The summed E-state index contributed by atoms with van der Waals surface area (Å²) in [7, 11) is 0. The van der Waals surface area contributed by atoms with Crippen molar-refractivity contribution in [2.24, 2.45) is 0 Å². The number of aromatic nitrogens is 1. The Bertz CT molecular complexity index is 727. The first-order valence-corrected chi connectivity index (χ1v) is 6.68. The smallest absolute Gasteiger partial charge is 0.0505 e. The highest BCUT2D eigenvalue weighted by molar-refractivity contribution is 6.36. The largest absolute Gasteiger partial charge is 0.399 e. The molecule has 0 aliphatic rings. The standard InChI is InChI=1S/C15H12Cl2N2/c16-13-2-1-3-14(17)12(13)9-19-7-6-10-8-11(18)4-5-15(10)19/h1-8H,9,18H2. The molecule has 4 heteroatoms. The Morgan fingerprint density at radius 1 is 1.00 bits per heavy atom. The second-order valence-electron chi connectivity index (χ2n) is 4.46. The van der Waals surface area contributed by atoms with E-state index in [1.165, 1.54) is 0 Å². The average molecular weight is 291 g/mol. The zero-order valence-electron chi connectivity index (χ0n) is 10.1. The number of fused-ring (bicyclic) bond motifs is 1. The summed E-state index contributed by atoms with van der Waals surface area (Å²) in [5.74, 6) is 0. The van der Waals surface area contributed by atoms with Crippen molar-refractivity contribution in [2.45, 2.75) is 6.54 Å². The minimum Gasteiger partial charge on any atom is -0.399 e. The van der Waals surface area contributed by atoms with Gasteiger partial charge in [-0.1, -0.05) is 29.3 Å². The van der Waals surface area contributed by atoms with Gasteiger partial charge in [-0.3, -0.25) is 0 Å². The molecule has 0 bridgehead atoms. The molecule has 0 radical (unpaired) electrons. The summed E-state index contributed by atoms with van der Waals surface area (Å²) in [6.45, 7) is 0.645. The van der Waals surface area contributed by atoms with E-state index < -0.39 is 0 Å². The van der Waals surface area contributed by atoms with Crippen LogP contribution in [-0.2, 0) is 6.54 Å². The zero-order valence-corrected chi connectivity index (χ0v) is 11.6. The van der Waals surface area contributed by atoms with Crippen LogP contribution in [0.2, 0.25) is 10.0 Å². The first kappa shape index (κ1) is 12.4. The Labute approximate surface area is 121 Å². The first-order chi connectivity index (χ1) is 9.15. The Kier molecular flexibility index (Phi) is 3.13. The fraction of sp³-hybridized carbons (Fsp3) is 0.0667. The van der Waals surface area contributed by atoms with Gasteiger partial charge in [0.25, 0.3) is 0 Å². The fourth-order valence-electron chi connectivity index (χ4n) is 2.21. The lowest BCUT2D eigenvalue weighted by Gasteiger charge is -2.09. The molecule has 1 heterocycles. The molecule has 3 aromatic rings. The predicted molar refractivity (Wildman–Crippen MR) is 81.9 cm³/mol. The third kappa shape index (κ3) is 2.29. The molecule has 1 aromatic heterocycles. The predicted octanol–water partition coefficient (Wildman–Crippen LogP) is 4.58. The van der Waals surface area contributed by atoms with Crippen LogP contribution in [0.5, 0.6) is 0 Å². The van der Waals surface area contributed by atoms with E-state index in [0.717, 1.165) is 22.2 Å². The van der Waals surface area contributed by atoms with Gasteiger partial charge >= 0.3 is 0 Å². The second kappa shape index (κ2) is 4.80. The molecule has 0 saturated carbocycles. The molecule has 0 saturated heterocycles. The van der Waals surface area contributed by atoms with Crippen molar-refractivity contribution >= 4 is 39.8 Å². The van der Waals surface area contributed by atoms with Crippen LogP contribution in [0.3, 0.4) is 0 Å². The van der Waals surface area contributed by atoms with Crippen molar-refractivity contribution in [2.75, 3.05) is 5.73 Å². The number of nitrogens with zero attached hydrogens (tertiary/aromatic N) is 1. The third-order valence-electron chi connectivity index (χ3n) is 3.19. The highest BCUT2D eigenvalue weighted by Gasteiger charge is 2.08. The lowest BCUT2D eigenvalue weighted by molar-refractivity contribution is 0.837. The molecule has 0 fully saturated rings. The maximum absolute atomic E-state index is 6.21.